The molecule has 0 aliphatic carbocycles. The molecule has 0 aromatic carbocycles. The summed E-state index contributed by atoms with van der Waals surface area (Å²) in [6.07, 6.45) is 0. The van der Waals surface area contributed by atoms with Gasteiger partial charge in [-0.2, -0.15) is 4.98 Å². The van der Waals surface area contributed by atoms with Gasteiger partial charge in [0, 0.05) is 11.8 Å². The minimum absolute atomic E-state index is 0.0580. The van der Waals surface area contributed by atoms with Crippen LogP contribution in [0.1, 0.15) is 19.5 Å². The third-order valence-electron chi connectivity index (χ3n) is 2.30. The van der Waals surface area contributed by atoms with E-state index >= 15 is 0 Å². The van der Waals surface area contributed by atoms with Crippen LogP contribution in [-0.4, -0.2) is 29.0 Å². The lowest BCUT2D eigenvalue weighted by atomic mass is 10.0. The summed E-state index contributed by atoms with van der Waals surface area (Å²) in [5, 5.41) is 2.92. The van der Waals surface area contributed by atoms with Gasteiger partial charge in [-0.3, -0.25) is 4.79 Å². The molecule has 1 amide bonds. The minimum Gasteiger partial charge on any atom is -0.481 e. The van der Waals surface area contributed by atoms with Gasteiger partial charge in [0.25, 0.3) is 0 Å². The van der Waals surface area contributed by atoms with Crippen LogP contribution < -0.4 is 15.8 Å². The first-order valence-electron chi connectivity index (χ1n) is 5.39. The van der Waals surface area contributed by atoms with Crippen LogP contribution in [0.25, 0.3) is 0 Å². The predicted molar refractivity (Wildman–Crippen MR) is 64.8 cm³/mol. The first-order valence-corrected chi connectivity index (χ1v) is 5.39. The molecule has 0 spiro atoms. The fourth-order valence-electron chi connectivity index (χ4n) is 1.41. The van der Waals surface area contributed by atoms with Gasteiger partial charge < -0.3 is 15.8 Å². The van der Waals surface area contributed by atoms with E-state index in [2.05, 4.69) is 15.3 Å². The zero-order valence-corrected chi connectivity index (χ0v) is 10.5. The number of carbonyl (C=O) groups excluding carboxylic acids is 1. The van der Waals surface area contributed by atoms with Crippen LogP contribution in [0.2, 0.25) is 0 Å². The number of methoxy groups -OCH3 is 1. The van der Waals surface area contributed by atoms with Crippen molar-refractivity contribution in [2.24, 2.45) is 11.7 Å². The van der Waals surface area contributed by atoms with Crippen LogP contribution in [0, 0.1) is 12.8 Å². The van der Waals surface area contributed by atoms with Gasteiger partial charge in [-0.25, -0.2) is 4.98 Å². The molecule has 1 heterocycles. The second-order valence-corrected chi connectivity index (χ2v) is 4.14. The Hall–Kier alpha value is -1.85. The number of nitrogens with two attached hydrogens (primary N) is 1. The maximum atomic E-state index is 11.3. The van der Waals surface area contributed by atoms with Crippen LogP contribution in [0.5, 0.6) is 5.88 Å². The first kappa shape index (κ1) is 13.2. The zero-order chi connectivity index (χ0) is 13.0. The monoisotopic (exact) mass is 238 g/mol. The van der Waals surface area contributed by atoms with Gasteiger partial charge in [0.2, 0.25) is 17.7 Å². The topological polar surface area (TPSA) is 90.1 Å². The largest absolute Gasteiger partial charge is 0.481 e. The fraction of sp³-hybridized carbons (Fsp3) is 0.545. The molecule has 94 valence electrons. The van der Waals surface area contributed by atoms with Gasteiger partial charge in [0.05, 0.1) is 7.11 Å². The third-order valence-corrected chi connectivity index (χ3v) is 2.30. The van der Waals surface area contributed by atoms with E-state index in [0.29, 0.717) is 11.8 Å². The Labute approximate surface area is 101 Å². The number of aromatic nitrogens is 2. The van der Waals surface area contributed by atoms with E-state index in [1.54, 1.807) is 6.07 Å². The van der Waals surface area contributed by atoms with E-state index < -0.39 is 11.9 Å². The molecule has 1 aromatic heterocycles. The molecule has 1 unspecified atom stereocenters. The molecule has 0 radical (unpaired) electrons. The number of ether oxygens (including phenoxy) is 1. The Morgan fingerprint density at radius 3 is 2.59 bits per heavy atom. The van der Waals surface area contributed by atoms with Crippen molar-refractivity contribution in [1.82, 2.24) is 9.97 Å². The smallest absolute Gasteiger partial charge is 0.240 e. The summed E-state index contributed by atoms with van der Waals surface area (Å²) in [4.78, 5) is 19.5. The summed E-state index contributed by atoms with van der Waals surface area (Å²) in [6, 6.07) is 1.21. The fourth-order valence-corrected chi connectivity index (χ4v) is 1.41. The number of hydrogen-bond acceptors (Lipinski definition) is 5. The number of nitrogens with zero attached hydrogens (tertiary/aromatic N) is 2. The lowest BCUT2D eigenvalue weighted by Crippen LogP contribution is -2.40. The molecular weight excluding hydrogens is 220 g/mol. The SMILES string of the molecule is COc1cc(C)nc(NC(C(N)=O)C(C)C)n1. The Bertz CT molecular complexity index is 406. The Kier molecular flexibility index (Phi) is 4.25. The summed E-state index contributed by atoms with van der Waals surface area (Å²) in [6.45, 7) is 5.62. The minimum atomic E-state index is -0.499. The van der Waals surface area contributed by atoms with Crippen molar-refractivity contribution >= 4 is 11.9 Å². The molecule has 1 rings (SSSR count). The number of hydrogen-bond donors (Lipinski definition) is 2. The maximum Gasteiger partial charge on any atom is 0.240 e. The lowest BCUT2D eigenvalue weighted by molar-refractivity contribution is -0.119. The highest BCUT2D eigenvalue weighted by atomic mass is 16.5. The van der Waals surface area contributed by atoms with E-state index in [4.69, 9.17) is 10.5 Å². The molecule has 0 saturated heterocycles. The number of anilines is 1. The molecule has 0 aliphatic rings. The second-order valence-electron chi connectivity index (χ2n) is 4.14. The van der Waals surface area contributed by atoms with Crippen molar-refractivity contribution in [3.63, 3.8) is 0 Å². The number of carbonyl (C=O) groups is 1. The Morgan fingerprint density at radius 2 is 2.12 bits per heavy atom. The van der Waals surface area contributed by atoms with E-state index in [0.717, 1.165) is 5.69 Å². The average molecular weight is 238 g/mol. The van der Waals surface area contributed by atoms with Crippen LogP contribution >= 0.6 is 0 Å². The number of amides is 1. The van der Waals surface area contributed by atoms with Gasteiger partial charge in [-0.1, -0.05) is 13.8 Å². The normalized spacial score (nSPS) is 12.3. The molecule has 3 N–H and O–H groups in total. The van der Waals surface area contributed by atoms with Crippen molar-refractivity contribution in [3.05, 3.63) is 11.8 Å². The van der Waals surface area contributed by atoms with Gasteiger partial charge in [-0.15, -0.1) is 0 Å². The Balaban J connectivity index is 2.93. The third kappa shape index (κ3) is 3.58. The molecule has 0 fully saturated rings. The predicted octanol–water partition coefficient (Wildman–Crippen LogP) is 0.715. The first-order chi connectivity index (χ1) is 7.93. The lowest BCUT2D eigenvalue weighted by Gasteiger charge is -2.19. The van der Waals surface area contributed by atoms with Gasteiger partial charge >= 0.3 is 0 Å². The van der Waals surface area contributed by atoms with Crippen LogP contribution in [0.15, 0.2) is 6.07 Å². The highest BCUT2D eigenvalue weighted by Crippen LogP contribution is 2.14. The van der Waals surface area contributed by atoms with Crippen LogP contribution in [0.4, 0.5) is 5.95 Å². The summed E-state index contributed by atoms with van der Waals surface area (Å²) in [5.74, 6) is 0.429. The summed E-state index contributed by atoms with van der Waals surface area (Å²) < 4.78 is 5.03. The molecule has 1 aromatic rings. The van der Waals surface area contributed by atoms with E-state index in [9.17, 15) is 4.79 Å². The number of rotatable bonds is 5. The van der Waals surface area contributed by atoms with Gasteiger partial charge in [0.15, 0.2) is 0 Å². The molecule has 0 saturated carbocycles. The van der Waals surface area contributed by atoms with E-state index in [-0.39, 0.29) is 5.92 Å². The number of nitrogens with one attached hydrogen (secondary N) is 1. The molecule has 0 bridgehead atoms. The molecule has 0 aliphatic heterocycles. The molecule has 1 atom stereocenters. The van der Waals surface area contributed by atoms with E-state index in [1.165, 1.54) is 7.11 Å². The average Bonchev–Trinajstić information content (AvgIpc) is 2.24. The molecule has 6 heteroatoms. The second kappa shape index (κ2) is 5.47. The van der Waals surface area contributed by atoms with Gasteiger partial charge in [0.1, 0.15) is 6.04 Å². The highest BCUT2D eigenvalue weighted by molar-refractivity contribution is 5.82. The number of primary amides is 1. The van der Waals surface area contributed by atoms with Crippen molar-refractivity contribution in [3.8, 4) is 5.88 Å². The maximum absolute atomic E-state index is 11.3. The Morgan fingerprint density at radius 1 is 1.47 bits per heavy atom. The number of aryl methyl sites for hydroxylation is 1. The van der Waals surface area contributed by atoms with Crippen molar-refractivity contribution in [2.75, 3.05) is 12.4 Å². The molecule has 17 heavy (non-hydrogen) atoms. The van der Waals surface area contributed by atoms with Crippen LogP contribution in [-0.2, 0) is 4.79 Å². The molecule has 6 nitrogen and oxygen atoms in total. The summed E-state index contributed by atoms with van der Waals surface area (Å²) >= 11 is 0. The van der Waals surface area contributed by atoms with Gasteiger partial charge in [-0.05, 0) is 12.8 Å². The van der Waals surface area contributed by atoms with Crippen molar-refractivity contribution in [1.29, 1.82) is 0 Å². The van der Waals surface area contributed by atoms with Crippen LogP contribution in [0.3, 0.4) is 0 Å². The van der Waals surface area contributed by atoms with Crippen molar-refractivity contribution in [2.45, 2.75) is 26.8 Å². The molecular formula is C11H18N4O2. The van der Waals surface area contributed by atoms with Crippen molar-refractivity contribution < 1.29 is 9.53 Å². The quantitative estimate of drug-likeness (QED) is 0.788. The zero-order valence-electron chi connectivity index (χ0n) is 10.5. The summed E-state index contributed by atoms with van der Waals surface area (Å²) in [5.41, 5.74) is 6.06. The highest BCUT2D eigenvalue weighted by Gasteiger charge is 2.20. The standard InChI is InChI=1S/C11H18N4O2/c1-6(2)9(10(12)16)15-11-13-7(3)5-8(14-11)17-4/h5-6,9H,1-4H3,(H2,12,16)(H,13,14,15). The summed E-state index contributed by atoms with van der Waals surface area (Å²) in [7, 11) is 1.53. The van der Waals surface area contributed by atoms with E-state index in [1.807, 2.05) is 20.8 Å².